The Hall–Kier alpha value is -2.06. The van der Waals surface area contributed by atoms with Gasteiger partial charge in [-0.15, -0.1) is 11.3 Å². The summed E-state index contributed by atoms with van der Waals surface area (Å²) in [7, 11) is 0. The Kier molecular flexibility index (Phi) is 6.63. The maximum absolute atomic E-state index is 13.4. The van der Waals surface area contributed by atoms with E-state index in [9.17, 15) is 9.59 Å². The molecule has 0 N–H and O–H groups in total. The second-order valence-corrected chi connectivity index (χ2v) is 9.42. The average Bonchev–Trinajstić information content (AvgIpc) is 3.25. The second-order valence-electron chi connectivity index (χ2n) is 6.52. The van der Waals surface area contributed by atoms with Crippen LogP contribution in [0, 0.1) is 0 Å². The lowest BCUT2D eigenvalue weighted by atomic mass is 10.2. The molecule has 4 rings (SSSR count). The molecule has 0 radical (unpaired) electrons. The summed E-state index contributed by atoms with van der Waals surface area (Å²) in [6, 6.07) is 13.7. The van der Waals surface area contributed by atoms with Gasteiger partial charge in [-0.25, -0.2) is 4.98 Å². The molecule has 2 aromatic carbocycles. The quantitative estimate of drug-likeness (QED) is 0.489. The normalized spacial score (nSPS) is 13.9. The summed E-state index contributed by atoms with van der Waals surface area (Å²) in [6.45, 7) is 1.41. The molecule has 5 nitrogen and oxygen atoms in total. The highest BCUT2D eigenvalue weighted by Gasteiger charge is 2.27. The third-order valence-electron chi connectivity index (χ3n) is 4.59. The van der Waals surface area contributed by atoms with Crippen LogP contribution in [0.25, 0.3) is 0 Å². The molecular formula is C21H17Cl2N3O2S2. The lowest BCUT2D eigenvalue weighted by Crippen LogP contribution is -2.38. The maximum Gasteiger partial charge on any atom is 0.273 e. The lowest BCUT2D eigenvalue weighted by molar-refractivity contribution is 0.0766. The van der Waals surface area contributed by atoms with Crippen LogP contribution >= 0.6 is 46.3 Å². The number of benzene rings is 2. The number of halogens is 2. The van der Waals surface area contributed by atoms with Gasteiger partial charge < -0.3 is 4.90 Å². The molecule has 30 heavy (non-hydrogen) atoms. The summed E-state index contributed by atoms with van der Waals surface area (Å²) in [6.07, 6.45) is 0. The first kappa shape index (κ1) is 21.2. The van der Waals surface area contributed by atoms with Crippen LogP contribution in [0.4, 0.5) is 10.8 Å². The number of amides is 2. The van der Waals surface area contributed by atoms with E-state index in [4.69, 9.17) is 23.2 Å². The number of nitrogens with zero attached hydrogens (tertiary/aromatic N) is 3. The van der Waals surface area contributed by atoms with Gasteiger partial charge in [0, 0.05) is 35.0 Å². The van der Waals surface area contributed by atoms with Gasteiger partial charge in [0.2, 0.25) is 0 Å². The fourth-order valence-corrected chi connectivity index (χ4v) is 5.11. The van der Waals surface area contributed by atoms with Crippen molar-refractivity contribution in [3.8, 4) is 0 Å². The first-order valence-electron chi connectivity index (χ1n) is 9.21. The number of carbonyl (C=O) groups is 2. The number of thioether (sulfide) groups is 1. The molecule has 1 aliphatic rings. The van der Waals surface area contributed by atoms with E-state index in [0.717, 1.165) is 11.5 Å². The lowest BCUT2D eigenvalue weighted by Gasteiger charge is -2.25. The Morgan fingerprint density at radius 3 is 2.40 bits per heavy atom. The average molecular weight is 478 g/mol. The first-order valence-corrected chi connectivity index (χ1v) is 12.0. The first-order chi connectivity index (χ1) is 14.5. The molecule has 2 amide bonds. The number of carbonyl (C=O) groups excluding carboxylic acids is 2. The molecule has 1 aromatic heterocycles. The minimum absolute atomic E-state index is 0.112. The van der Waals surface area contributed by atoms with Crippen molar-refractivity contribution in [2.75, 3.05) is 29.5 Å². The van der Waals surface area contributed by atoms with E-state index in [-0.39, 0.29) is 11.8 Å². The highest BCUT2D eigenvalue weighted by atomic mass is 35.5. The van der Waals surface area contributed by atoms with Gasteiger partial charge in [-0.2, -0.15) is 11.8 Å². The Bertz CT molecular complexity index is 1070. The van der Waals surface area contributed by atoms with Crippen LogP contribution in [-0.2, 0) is 0 Å². The predicted molar refractivity (Wildman–Crippen MR) is 125 cm³/mol. The Morgan fingerprint density at radius 2 is 1.70 bits per heavy atom. The van der Waals surface area contributed by atoms with E-state index in [0.29, 0.717) is 45.2 Å². The zero-order valence-electron chi connectivity index (χ0n) is 15.8. The SMILES string of the molecule is O=C(c1csc(N(C(=O)c2ccccc2Cl)c2ccc(Cl)cc2)n1)N1CCSCC1. The number of anilines is 2. The molecule has 1 fully saturated rings. The molecule has 0 spiro atoms. The fraction of sp³-hybridized carbons (Fsp3) is 0.190. The number of hydrogen-bond acceptors (Lipinski definition) is 5. The summed E-state index contributed by atoms with van der Waals surface area (Å²) in [5, 5.41) is 3.00. The zero-order valence-corrected chi connectivity index (χ0v) is 18.9. The van der Waals surface area contributed by atoms with E-state index >= 15 is 0 Å². The van der Waals surface area contributed by atoms with Crippen molar-refractivity contribution in [3.63, 3.8) is 0 Å². The molecule has 2 heterocycles. The van der Waals surface area contributed by atoms with E-state index in [1.54, 1.807) is 58.8 Å². The van der Waals surface area contributed by atoms with Crippen molar-refractivity contribution in [2.45, 2.75) is 0 Å². The van der Waals surface area contributed by atoms with E-state index < -0.39 is 0 Å². The second kappa shape index (κ2) is 9.39. The van der Waals surface area contributed by atoms with Crippen LogP contribution in [0.15, 0.2) is 53.9 Å². The number of rotatable bonds is 4. The Labute approximate surface area is 192 Å². The van der Waals surface area contributed by atoms with Gasteiger partial charge >= 0.3 is 0 Å². The van der Waals surface area contributed by atoms with E-state index in [1.807, 2.05) is 11.8 Å². The van der Waals surface area contributed by atoms with E-state index in [1.165, 1.54) is 16.2 Å². The molecule has 9 heteroatoms. The standard InChI is InChI=1S/C21H17Cl2N3O2S2/c22-14-5-7-15(8-6-14)26(19(27)16-3-1-2-4-17(16)23)21-24-18(13-30-21)20(28)25-9-11-29-12-10-25/h1-8,13H,9-12H2. The Morgan fingerprint density at radius 1 is 1.00 bits per heavy atom. The van der Waals surface area contributed by atoms with Gasteiger partial charge in [0.25, 0.3) is 11.8 Å². The topological polar surface area (TPSA) is 53.5 Å². The van der Waals surface area contributed by atoms with Crippen LogP contribution < -0.4 is 4.90 Å². The molecule has 154 valence electrons. The van der Waals surface area contributed by atoms with Crippen LogP contribution in [0.2, 0.25) is 10.0 Å². The van der Waals surface area contributed by atoms with Crippen molar-refractivity contribution in [1.29, 1.82) is 0 Å². The highest BCUT2D eigenvalue weighted by molar-refractivity contribution is 7.99. The minimum atomic E-state index is -0.328. The Balaban J connectivity index is 1.70. The molecule has 1 saturated heterocycles. The van der Waals surface area contributed by atoms with Crippen LogP contribution in [-0.4, -0.2) is 46.3 Å². The summed E-state index contributed by atoms with van der Waals surface area (Å²) in [4.78, 5) is 34.0. The van der Waals surface area contributed by atoms with E-state index in [2.05, 4.69) is 4.98 Å². The van der Waals surface area contributed by atoms with Gasteiger partial charge in [0.05, 0.1) is 16.3 Å². The smallest absolute Gasteiger partial charge is 0.273 e. The van der Waals surface area contributed by atoms with Crippen molar-refractivity contribution < 1.29 is 9.59 Å². The molecule has 0 bridgehead atoms. The van der Waals surface area contributed by atoms with Gasteiger partial charge in [-0.1, -0.05) is 35.3 Å². The molecular weight excluding hydrogens is 461 g/mol. The minimum Gasteiger partial charge on any atom is -0.336 e. The largest absolute Gasteiger partial charge is 0.336 e. The third-order valence-corrected chi connectivity index (χ3v) is 6.94. The summed E-state index contributed by atoms with van der Waals surface area (Å²) >= 11 is 15.4. The third kappa shape index (κ3) is 4.49. The molecule has 1 aliphatic heterocycles. The van der Waals surface area contributed by atoms with Crippen molar-refractivity contribution in [2.24, 2.45) is 0 Å². The summed E-state index contributed by atoms with van der Waals surface area (Å²) in [5.41, 5.74) is 1.28. The van der Waals surface area contributed by atoms with Crippen LogP contribution in [0.1, 0.15) is 20.8 Å². The molecule has 3 aromatic rings. The van der Waals surface area contributed by atoms with Gasteiger partial charge in [-0.3, -0.25) is 14.5 Å². The zero-order chi connectivity index (χ0) is 21.1. The van der Waals surface area contributed by atoms with Crippen LogP contribution in [0.3, 0.4) is 0 Å². The fourth-order valence-electron chi connectivity index (χ4n) is 3.05. The van der Waals surface area contributed by atoms with Crippen molar-refractivity contribution in [3.05, 3.63) is 75.2 Å². The monoisotopic (exact) mass is 477 g/mol. The molecule has 0 atom stereocenters. The molecule has 0 saturated carbocycles. The number of thiazole rings is 1. The molecule has 0 aliphatic carbocycles. The molecule has 0 unspecified atom stereocenters. The van der Waals surface area contributed by atoms with Gasteiger partial charge in [0.1, 0.15) is 5.69 Å². The predicted octanol–water partition coefficient (Wildman–Crippen LogP) is 5.62. The maximum atomic E-state index is 13.4. The van der Waals surface area contributed by atoms with Crippen LogP contribution in [0.5, 0.6) is 0 Å². The summed E-state index contributed by atoms with van der Waals surface area (Å²) in [5.74, 6) is 1.40. The van der Waals surface area contributed by atoms with Gasteiger partial charge in [0.15, 0.2) is 5.13 Å². The number of aromatic nitrogens is 1. The van der Waals surface area contributed by atoms with Gasteiger partial charge in [-0.05, 0) is 36.4 Å². The number of hydrogen-bond donors (Lipinski definition) is 0. The van der Waals surface area contributed by atoms with Crippen molar-refractivity contribution >= 4 is 68.9 Å². The highest BCUT2D eigenvalue weighted by Crippen LogP contribution is 2.33. The summed E-state index contributed by atoms with van der Waals surface area (Å²) < 4.78 is 0. The van der Waals surface area contributed by atoms with Crippen molar-refractivity contribution in [1.82, 2.24) is 9.88 Å².